The molecule has 26 heavy (non-hydrogen) atoms. The number of rotatable bonds is 6. The fraction of sp³-hybridized carbons (Fsp3) is 0.619. The van der Waals surface area contributed by atoms with Gasteiger partial charge < -0.3 is 4.52 Å². The molecule has 1 aliphatic heterocycles. The lowest BCUT2D eigenvalue weighted by atomic mass is 10.0. The highest BCUT2D eigenvalue weighted by Gasteiger charge is 2.32. The monoisotopic (exact) mass is 354 g/mol. The molecule has 1 saturated heterocycles. The van der Waals surface area contributed by atoms with Crippen LogP contribution in [0.1, 0.15) is 38.9 Å². The molecule has 0 spiro atoms. The average Bonchev–Trinajstić information content (AvgIpc) is 3.38. The van der Waals surface area contributed by atoms with Crippen molar-refractivity contribution in [3.05, 3.63) is 36.4 Å². The number of pyridine rings is 1. The molecule has 0 N–H and O–H groups in total. The summed E-state index contributed by atoms with van der Waals surface area (Å²) in [5, 5.41) is 4.24. The Kier molecular flexibility index (Phi) is 5.36. The zero-order valence-corrected chi connectivity index (χ0v) is 16.0. The minimum absolute atomic E-state index is 0.638. The van der Waals surface area contributed by atoms with Gasteiger partial charge >= 0.3 is 0 Å². The van der Waals surface area contributed by atoms with Crippen LogP contribution < -0.4 is 0 Å². The zero-order chi connectivity index (χ0) is 17.9. The van der Waals surface area contributed by atoms with E-state index in [-0.39, 0.29) is 0 Å². The fourth-order valence-corrected chi connectivity index (χ4v) is 4.03. The molecule has 140 valence electrons. The van der Waals surface area contributed by atoms with Crippen molar-refractivity contribution in [2.75, 3.05) is 26.2 Å². The van der Waals surface area contributed by atoms with E-state index < -0.39 is 0 Å². The Morgan fingerprint density at radius 1 is 1.27 bits per heavy atom. The van der Waals surface area contributed by atoms with Crippen molar-refractivity contribution in [1.29, 1.82) is 0 Å². The largest absolute Gasteiger partial charge is 0.359 e. The van der Waals surface area contributed by atoms with Crippen molar-refractivity contribution in [3.8, 4) is 11.3 Å². The molecule has 4 rings (SSSR count). The van der Waals surface area contributed by atoms with Gasteiger partial charge in [-0.2, -0.15) is 0 Å². The van der Waals surface area contributed by atoms with Crippen molar-refractivity contribution in [3.63, 3.8) is 0 Å². The third-order valence-electron chi connectivity index (χ3n) is 5.69. The molecule has 2 aromatic heterocycles. The highest BCUT2D eigenvalue weighted by Crippen LogP contribution is 2.32. The van der Waals surface area contributed by atoms with Gasteiger partial charge in [0.15, 0.2) is 5.76 Å². The Bertz CT molecular complexity index is 695. The second kappa shape index (κ2) is 7.89. The second-order valence-corrected chi connectivity index (χ2v) is 8.26. The minimum Gasteiger partial charge on any atom is -0.359 e. The van der Waals surface area contributed by atoms with E-state index >= 15 is 0 Å². The maximum Gasteiger partial charge on any atom is 0.151 e. The summed E-state index contributed by atoms with van der Waals surface area (Å²) in [5.41, 5.74) is 1.88. The van der Waals surface area contributed by atoms with Gasteiger partial charge in [-0.15, -0.1) is 0 Å². The lowest BCUT2D eigenvalue weighted by Crippen LogP contribution is -2.45. The molecule has 0 aromatic carbocycles. The third kappa shape index (κ3) is 4.33. The molecule has 1 atom stereocenters. The average molecular weight is 354 g/mol. The number of aromatic nitrogens is 2. The SMILES string of the molecule is CC(C)[C@@H]1CN(Cc2cc(-c3cccnc3)no2)CCCN1CC1CC1. The molecule has 0 bridgehead atoms. The lowest BCUT2D eigenvalue weighted by Gasteiger charge is -2.34. The summed E-state index contributed by atoms with van der Waals surface area (Å²) < 4.78 is 5.63. The predicted molar refractivity (Wildman–Crippen MR) is 103 cm³/mol. The Hall–Kier alpha value is -1.72. The van der Waals surface area contributed by atoms with Crippen LogP contribution in [0.3, 0.4) is 0 Å². The molecular formula is C21H30N4O. The standard InChI is InChI=1S/C21H30N4O/c1-16(2)21-15-24(9-4-10-25(21)13-17-6-7-17)14-19-11-20(23-26-19)18-5-3-8-22-12-18/h3,5,8,11-12,16-17,21H,4,6-7,9-10,13-15H2,1-2H3/t21-/m0/s1. The van der Waals surface area contributed by atoms with Gasteiger partial charge in [-0.1, -0.05) is 19.0 Å². The molecule has 5 nitrogen and oxygen atoms in total. The first kappa shape index (κ1) is 17.7. The topological polar surface area (TPSA) is 45.4 Å². The molecule has 5 heteroatoms. The summed E-state index contributed by atoms with van der Waals surface area (Å²) in [4.78, 5) is 9.47. The Morgan fingerprint density at radius 2 is 2.15 bits per heavy atom. The van der Waals surface area contributed by atoms with Gasteiger partial charge in [-0.25, -0.2) is 0 Å². The normalized spacial score (nSPS) is 22.7. The first-order valence-electron chi connectivity index (χ1n) is 10.0. The van der Waals surface area contributed by atoms with Crippen LogP contribution in [-0.2, 0) is 6.54 Å². The number of nitrogens with zero attached hydrogens (tertiary/aromatic N) is 4. The van der Waals surface area contributed by atoms with Gasteiger partial charge in [-0.05, 0) is 56.3 Å². The summed E-state index contributed by atoms with van der Waals surface area (Å²) in [6.07, 6.45) is 7.71. The van der Waals surface area contributed by atoms with Crippen LogP contribution in [0.5, 0.6) is 0 Å². The number of hydrogen-bond donors (Lipinski definition) is 0. The second-order valence-electron chi connectivity index (χ2n) is 8.26. The summed E-state index contributed by atoms with van der Waals surface area (Å²) in [6.45, 7) is 10.3. The van der Waals surface area contributed by atoms with Gasteiger partial charge in [0.2, 0.25) is 0 Å². The van der Waals surface area contributed by atoms with Gasteiger partial charge in [0.25, 0.3) is 0 Å². The Labute approximate surface area is 156 Å². The zero-order valence-electron chi connectivity index (χ0n) is 16.0. The van der Waals surface area contributed by atoms with E-state index in [0.29, 0.717) is 12.0 Å². The van der Waals surface area contributed by atoms with Gasteiger partial charge in [0.05, 0.1) is 6.54 Å². The van der Waals surface area contributed by atoms with Crippen molar-refractivity contribution < 1.29 is 4.52 Å². The highest BCUT2D eigenvalue weighted by atomic mass is 16.5. The maximum atomic E-state index is 5.63. The molecular weight excluding hydrogens is 324 g/mol. The first-order chi connectivity index (χ1) is 12.7. The quantitative estimate of drug-likeness (QED) is 0.792. The summed E-state index contributed by atoms with van der Waals surface area (Å²) >= 11 is 0. The molecule has 0 amide bonds. The van der Waals surface area contributed by atoms with E-state index in [1.54, 1.807) is 6.20 Å². The van der Waals surface area contributed by atoms with Gasteiger partial charge in [0, 0.05) is 43.2 Å². The van der Waals surface area contributed by atoms with E-state index in [9.17, 15) is 0 Å². The lowest BCUT2D eigenvalue weighted by molar-refractivity contribution is 0.128. The van der Waals surface area contributed by atoms with Crippen LogP contribution in [0.25, 0.3) is 11.3 Å². The minimum atomic E-state index is 0.638. The smallest absolute Gasteiger partial charge is 0.151 e. The van der Waals surface area contributed by atoms with Crippen LogP contribution >= 0.6 is 0 Å². The van der Waals surface area contributed by atoms with Crippen LogP contribution in [0.15, 0.2) is 35.1 Å². The van der Waals surface area contributed by atoms with Crippen LogP contribution in [-0.4, -0.2) is 52.2 Å². The van der Waals surface area contributed by atoms with Crippen molar-refractivity contribution >= 4 is 0 Å². The highest BCUT2D eigenvalue weighted by molar-refractivity contribution is 5.57. The molecule has 0 radical (unpaired) electrons. The van der Waals surface area contributed by atoms with Crippen LogP contribution in [0.4, 0.5) is 0 Å². The van der Waals surface area contributed by atoms with E-state index in [4.69, 9.17) is 4.52 Å². The third-order valence-corrected chi connectivity index (χ3v) is 5.69. The van der Waals surface area contributed by atoms with Crippen LogP contribution in [0, 0.1) is 11.8 Å². The molecule has 1 saturated carbocycles. The predicted octanol–water partition coefficient (Wildman–Crippen LogP) is 3.68. The summed E-state index contributed by atoms with van der Waals surface area (Å²) in [7, 11) is 0. The maximum absolute atomic E-state index is 5.63. The molecule has 2 aromatic rings. The molecule has 1 aliphatic carbocycles. The Balaban J connectivity index is 1.42. The first-order valence-corrected chi connectivity index (χ1v) is 10.0. The van der Waals surface area contributed by atoms with Crippen molar-refractivity contribution in [1.82, 2.24) is 19.9 Å². The van der Waals surface area contributed by atoms with Crippen molar-refractivity contribution in [2.24, 2.45) is 11.8 Å². The van der Waals surface area contributed by atoms with Crippen LogP contribution in [0.2, 0.25) is 0 Å². The molecule has 3 heterocycles. The van der Waals surface area contributed by atoms with E-state index in [1.807, 2.05) is 18.3 Å². The van der Waals surface area contributed by atoms with E-state index in [2.05, 4.69) is 39.9 Å². The number of hydrogen-bond acceptors (Lipinski definition) is 5. The molecule has 0 unspecified atom stereocenters. The van der Waals surface area contributed by atoms with Gasteiger partial charge in [-0.3, -0.25) is 14.8 Å². The Morgan fingerprint density at radius 3 is 2.88 bits per heavy atom. The van der Waals surface area contributed by atoms with Crippen molar-refractivity contribution in [2.45, 2.75) is 45.7 Å². The molecule has 2 aliphatic rings. The molecule has 2 fully saturated rings. The van der Waals surface area contributed by atoms with E-state index in [0.717, 1.165) is 42.6 Å². The summed E-state index contributed by atoms with van der Waals surface area (Å²) in [6, 6.07) is 6.65. The van der Waals surface area contributed by atoms with E-state index in [1.165, 1.54) is 32.4 Å². The van der Waals surface area contributed by atoms with Gasteiger partial charge in [0.1, 0.15) is 5.69 Å². The fourth-order valence-electron chi connectivity index (χ4n) is 4.03. The summed E-state index contributed by atoms with van der Waals surface area (Å²) in [5.74, 6) is 2.58.